The first-order chi connectivity index (χ1) is 30.5. The van der Waals surface area contributed by atoms with Crippen molar-refractivity contribution in [2.75, 3.05) is 0 Å². The highest BCUT2D eigenvalue weighted by atomic mass is 16.5. The monoisotopic (exact) mass is 879 g/mol. The largest absolute Gasteiger partial charge is 0.457 e. The molecule has 0 amide bonds. The van der Waals surface area contributed by atoms with Crippen LogP contribution in [0.15, 0.2) is 121 Å². The Hall–Kier alpha value is -5.34. The van der Waals surface area contributed by atoms with E-state index in [1.54, 1.807) is 0 Å². The van der Waals surface area contributed by atoms with E-state index in [1.807, 2.05) is 0 Å². The number of fused-ring (bicyclic) bond motifs is 7. The minimum atomic E-state index is 0.0829. The zero-order valence-electron chi connectivity index (χ0n) is 43.8. The molecule has 0 aliphatic carbocycles. The molecule has 7 aromatic rings. The molecule has 2 heteroatoms. The standard InChI is InChI=1S/C22H26.2C21H26O/c1-21(2,3)17-9-11-19-15(13-17)7-8-16-14-18(22(4,5)6)10-12-20(16)19;1-20(2,3)16-7-9-18-14(12-16)11-15-13-17(21(4,5)6)8-10-19(15)22-18;1-20(2,3)16-11-7-9-14-13-15-10-8-12-17(21(4,5)6)19(15)22-18(14)16/h7-14H,1-6H3;7-10,12-13H,11H2,1-6H3;7-12H,13H2,1-6H3. The minimum absolute atomic E-state index is 0.0829. The molecule has 0 fully saturated rings. The molecule has 2 aliphatic heterocycles. The number of ether oxygens (including phenoxy) is 2. The third-order valence-corrected chi connectivity index (χ3v) is 13.4. The Morgan fingerprint density at radius 2 is 0.636 bits per heavy atom. The lowest BCUT2D eigenvalue weighted by Gasteiger charge is -2.31. The van der Waals surface area contributed by atoms with Crippen LogP contribution in [0.3, 0.4) is 0 Å². The summed E-state index contributed by atoms with van der Waals surface area (Å²) in [6.45, 7) is 40.6. The summed E-state index contributed by atoms with van der Waals surface area (Å²) in [6, 6.07) is 44.7. The molecule has 0 aromatic heterocycles. The highest BCUT2D eigenvalue weighted by Crippen LogP contribution is 2.47. The molecule has 0 N–H and O–H groups in total. The molecule has 0 spiro atoms. The van der Waals surface area contributed by atoms with Crippen molar-refractivity contribution < 1.29 is 9.47 Å². The van der Waals surface area contributed by atoms with E-state index in [2.05, 4.69) is 246 Å². The topological polar surface area (TPSA) is 18.5 Å². The first kappa shape index (κ1) is 48.6. The molecule has 0 bridgehead atoms. The van der Waals surface area contributed by atoms with Gasteiger partial charge >= 0.3 is 0 Å². The van der Waals surface area contributed by atoms with Gasteiger partial charge in [0.25, 0.3) is 0 Å². The summed E-state index contributed by atoms with van der Waals surface area (Å²) in [5.41, 5.74) is 14.2. The molecule has 66 heavy (non-hydrogen) atoms. The van der Waals surface area contributed by atoms with Gasteiger partial charge < -0.3 is 9.47 Å². The summed E-state index contributed by atoms with van der Waals surface area (Å²) < 4.78 is 12.6. The van der Waals surface area contributed by atoms with Crippen molar-refractivity contribution in [1.82, 2.24) is 0 Å². The molecule has 0 saturated heterocycles. The summed E-state index contributed by atoms with van der Waals surface area (Å²) in [5.74, 6) is 4.14. The second-order valence-electron chi connectivity index (χ2n) is 25.2. The number of hydrogen-bond acceptors (Lipinski definition) is 2. The number of benzene rings is 7. The SMILES string of the molecule is CC(C)(C)c1ccc2c(c1)Cc1cc(C(C)(C)C)ccc1O2.CC(C)(C)c1ccc2c(ccc3cc(C(C)(C)C)ccc32)c1.CC(C)(C)c1cccc2c1Oc1c(cccc1C(C)(C)C)C2. The van der Waals surface area contributed by atoms with Crippen molar-refractivity contribution in [3.05, 3.63) is 177 Å². The molecule has 9 rings (SSSR count). The normalized spacial score (nSPS) is 13.7. The number of hydrogen-bond donors (Lipinski definition) is 0. The molecule has 2 heterocycles. The Bertz CT molecular complexity index is 2700. The molecule has 2 aliphatic rings. The van der Waals surface area contributed by atoms with Gasteiger partial charge in [-0.05, 0) is 111 Å². The quantitative estimate of drug-likeness (QED) is 0.141. The fraction of sp³-hybridized carbons (Fsp3) is 0.406. The molecule has 2 nitrogen and oxygen atoms in total. The average Bonchev–Trinajstić information content (AvgIpc) is 3.22. The van der Waals surface area contributed by atoms with E-state index < -0.39 is 0 Å². The maximum absolute atomic E-state index is 6.49. The van der Waals surface area contributed by atoms with E-state index in [0.717, 1.165) is 35.8 Å². The maximum Gasteiger partial charge on any atom is 0.134 e. The zero-order valence-corrected chi connectivity index (χ0v) is 43.8. The summed E-state index contributed by atoms with van der Waals surface area (Å²) in [4.78, 5) is 0. The molecule has 7 aromatic carbocycles. The van der Waals surface area contributed by atoms with Crippen LogP contribution in [0.5, 0.6) is 23.0 Å². The number of para-hydroxylation sites is 2. The molecule has 0 atom stereocenters. The van der Waals surface area contributed by atoms with Crippen LogP contribution in [0.4, 0.5) is 0 Å². The minimum Gasteiger partial charge on any atom is -0.457 e. The molecule has 346 valence electrons. The molecule has 0 radical (unpaired) electrons. The fourth-order valence-electron chi connectivity index (χ4n) is 9.07. The summed E-state index contributed by atoms with van der Waals surface area (Å²) in [7, 11) is 0. The smallest absolute Gasteiger partial charge is 0.134 e. The lowest BCUT2D eigenvalue weighted by molar-refractivity contribution is 0.418. The van der Waals surface area contributed by atoms with E-state index in [4.69, 9.17) is 9.47 Å². The number of rotatable bonds is 0. The molecular formula is C64H78O2. The Morgan fingerprint density at radius 1 is 0.303 bits per heavy atom. The molecule has 0 unspecified atom stereocenters. The van der Waals surface area contributed by atoms with Crippen LogP contribution >= 0.6 is 0 Å². The Labute approximate surface area is 399 Å². The first-order valence-corrected chi connectivity index (χ1v) is 24.3. The average molecular weight is 879 g/mol. The van der Waals surface area contributed by atoms with Gasteiger partial charge in [0.05, 0.1) is 0 Å². The van der Waals surface area contributed by atoms with Gasteiger partial charge in [-0.25, -0.2) is 0 Å². The van der Waals surface area contributed by atoms with Crippen LogP contribution < -0.4 is 9.47 Å². The van der Waals surface area contributed by atoms with E-state index in [9.17, 15) is 0 Å². The van der Waals surface area contributed by atoms with Crippen molar-refractivity contribution in [3.63, 3.8) is 0 Å². The second-order valence-corrected chi connectivity index (χ2v) is 25.2. The predicted octanol–water partition coefficient (Wildman–Crippen LogP) is 18.5. The zero-order chi connectivity index (χ0) is 48.4. The van der Waals surface area contributed by atoms with Crippen LogP contribution in [0.1, 0.15) is 180 Å². The Balaban J connectivity index is 0.000000147. The maximum atomic E-state index is 6.49. The van der Waals surface area contributed by atoms with E-state index in [-0.39, 0.29) is 32.5 Å². The van der Waals surface area contributed by atoms with Crippen LogP contribution in [0.2, 0.25) is 0 Å². The molecular weight excluding hydrogens is 801 g/mol. The highest BCUT2D eigenvalue weighted by molar-refractivity contribution is 6.07. The van der Waals surface area contributed by atoms with Gasteiger partial charge in [-0.15, -0.1) is 0 Å². The predicted molar refractivity (Wildman–Crippen MR) is 285 cm³/mol. The van der Waals surface area contributed by atoms with Gasteiger partial charge in [-0.2, -0.15) is 0 Å². The lowest BCUT2D eigenvalue weighted by atomic mass is 9.81. The van der Waals surface area contributed by atoms with Crippen molar-refractivity contribution in [2.24, 2.45) is 0 Å². The Kier molecular flexibility index (Phi) is 12.8. The molecule has 0 saturated carbocycles. The fourth-order valence-corrected chi connectivity index (χ4v) is 9.07. The third-order valence-electron chi connectivity index (χ3n) is 13.4. The van der Waals surface area contributed by atoms with Gasteiger partial charge in [0.1, 0.15) is 23.0 Å². The summed E-state index contributed by atoms with van der Waals surface area (Å²) >= 11 is 0. The van der Waals surface area contributed by atoms with Crippen molar-refractivity contribution in [2.45, 2.75) is 170 Å². The van der Waals surface area contributed by atoms with Gasteiger partial charge in [0.2, 0.25) is 0 Å². The summed E-state index contributed by atoms with van der Waals surface area (Å²) in [6.07, 6.45) is 1.91. The summed E-state index contributed by atoms with van der Waals surface area (Å²) in [5, 5.41) is 5.38. The highest BCUT2D eigenvalue weighted by Gasteiger charge is 2.30. The third kappa shape index (κ3) is 10.6. The van der Waals surface area contributed by atoms with Crippen LogP contribution in [0, 0.1) is 0 Å². The first-order valence-electron chi connectivity index (χ1n) is 24.3. The van der Waals surface area contributed by atoms with Crippen molar-refractivity contribution in [1.29, 1.82) is 0 Å². The Morgan fingerprint density at radius 3 is 0.985 bits per heavy atom. The van der Waals surface area contributed by atoms with Crippen LogP contribution in [-0.2, 0) is 45.3 Å². The lowest BCUT2D eigenvalue weighted by Crippen LogP contribution is -2.19. The van der Waals surface area contributed by atoms with Crippen molar-refractivity contribution >= 4 is 21.5 Å². The van der Waals surface area contributed by atoms with E-state index in [1.165, 1.54) is 77.2 Å². The van der Waals surface area contributed by atoms with Crippen LogP contribution in [0.25, 0.3) is 21.5 Å². The van der Waals surface area contributed by atoms with Gasteiger partial charge in [-0.1, -0.05) is 234 Å². The van der Waals surface area contributed by atoms with Crippen molar-refractivity contribution in [3.8, 4) is 23.0 Å². The van der Waals surface area contributed by atoms with E-state index >= 15 is 0 Å². The van der Waals surface area contributed by atoms with Gasteiger partial charge in [0, 0.05) is 24.0 Å². The van der Waals surface area contributed by atoms with Gasteiger partial charge in [-0.3, -0.25) is 0 Å². The second kappa shape index (κ2) is 17.4. The van der Waals surface area contributed by atoms with E-state index in [0.29, 0.717) is 0 Å². The van der Waals surface area contributed by atoms with Crippen LogP contribution in [-0.4, -0.2) is 0 Å². The van der Waals surface area contributed by atoms with Gasteiger partial charge in [0.15, 0.2) is 0 Å².